The summed E-state index contributed by atoms with van der Waals surface area (Å²) in [7, 11) is 1.95. The first-order valence-electron chi connectivity index (χ1n) is 6.64. The summed E-state index contributed by atoms with van der Waals surface area (Å²) in [5.74, 6) is 1.40. The zero-order valence-electron chi connectivity index (χ0n) is 11.3. The van der Waals surface area contributed by atoms with E-state index in [9.17, 15) is 5.11 Å². The lowest BCUT2D eigenvalue weighted by Gasteiger charge is -2.43. The molecule has 96 valence electrons. The predicted molar refractivity (Wildman–Crippen MR) is 68.4 cm³/mol. The van der Waals surface area contributed by atoms with Gasteiger partial charge in [0, 0.05) is 13.2 Å². The fourth-order valence-electron chi connectivity index (χ4n) is 3.30. The minimum Gasteiger partial charge on any atom is -0.383 e. The van der Waals surface area contributed by atoms with Crippen LogP contribution in [0.2, 0.25) is 0 Å². The number of aliphatic hydroxyl groups is 1. The zero-order valence-corrected chi connectivity index (χ0v) is 11.3. The number of rotatable bonds is 2. The number of aryl methyl sites for hydroxylation is 1. The van der Waals surface area contributed by atoms with Crippen molar-refractivity contribution in [1.82, 2.24) is 9.55 Å². The second kappa shape index (κ2) is 4.45. The van der Waals surface area contributed by atoms with Crippen molar-refractivity contribution in [2.45, 2.75) is 45.6 Å². The van der Waals surface area contributed by atoms with Gasteiger partial charge in [0.05, 0.1) is 12.0 Å². The predicted octanol–water partition coefficient (Wildman–Crippen LogP) is 2.70. The molecule has 0 amide bonds. The van der Waals surface area contributed by atoms with E-state index in [2.05, 4.69) is 25.8 Å². The fourth-order valence-corrected chi connectivity index (χ4v) is 3.30. The van der Waals surface area contributed by atoms with E-state index >= 15 is 0 Å². The normalized spacial score (nSPS) is 34.2. The Balaban J connectivity index is 2.35. The number of imidazole rings is 1. The van der Waals surface area contributed by atoms with Crippen LogP contribution in [0.1, 0.15) is 45.7 Å². The van der Waals surface area contributed by atoms with Crippen LogP contribution >= 0.6 is 0 Å². The Hall–Kier alpha value is -0.830. The van der Waals surface area contributed by atoms with E-state index in [-0.39, 0.29) is 0 Å². The third-order valence-corrected chi connectivity index (χ3v) is 4.20. The summed E-state index contributed by atoms with van der Waals surface area (Å²) in [4.78, 5) is 4.39. The number of aromatic nitrogens is 2. The maximum atomic E-state index is 11.1. The summed E-state index contributed by atoms with van der Waals surface area (Å²) in [6, 6.07) is 0. The van der Waals surface area contributed by atoms with Gasteiger partial charge in [-0.2, -0.15) is 0 Å². The van der Waals surface area contributed by atoms with Gasteiger partial charge in [-0.25, -0.2) is 4.98 Å². The minimum absolute atomic E-state index is 0.327. The molecular formula is C14H24N2O. The van der Waals surface area contributed by atoms with Crippen LogP contribution in [-0.2, 0) is 12.6 Å². The van der Waals surface area contributed by atoms with Crippen LogP contribution in [0.25, 0.3) is 0 Å². The molecule has 0 bridgehead atoms. The van der Waals surface area contributed by atoms with Crippen molar-refractivity contribution in [2.75, 3.05) is 0 Å². The van der Waals surface area contributed by atoms with Gasteiger partial charge in [0.2, 0.25) is 0 Å². The molecule has 1 aromatic heterocycles. The molecule has 17 heavy (non-hydrogen) atoms. The molecule has 1 heterocycles. The van der Waals surface area contributed by atoms with Gasteiger partial charge in [0.25, 0.3) is 0 Å². The Bertz CT molecular complexity index is 385. The van der Waals surface area contributed by atoms with Crippen molar-refractivity contribution in [3.05, 3.63) is 18.2 Å². The second-order valence-electron chi connectivity index (χ2n) is 6.09. The fraction of sp³-hybridized carbons (Fsp3) is 0.786. The van der Waals surface area contributed by atoms with Crippen LogP contribution < -0.4 is 0 Å². The molecule has 0 saturated heterocycles. The summed E-state index contributed by atoms with van der Waals surface area (Å²) < 4.78 is 1.92. The Morgan fingerprint density at radius 3 is 2.71 bits per heavy atom. The van der Waals surface area contributed by atoms with Crippen LogP contribution in [0.5, 0.6) is 0 Å². The molecule has 3 atom stereocenters. The average Bonchev–Trinajstić information content (AvgIpc) is 2.64. The molecule has 0 radical (unpaired) electrons. The van der Waals surface area contributed by atoms with Gasteiger partial charge in [0.15, 0.2) is 0 Å². The van der Waals surface area contributed by atoms with Gasteiger partial charge in [0.1, 0.15) is 5.60 Å². The van der Waals surface area contributed by atoms with Crippen molar-refractivity contribution in [2.24, 2.45) is 24.8 Å². The van der Waals surface area contributed by atoms with E-state index in [1.807, 2.05) is 17.8 Å². The van der Waals surface area contributed by atoms with Crippen LogP contribution in [-0.4, -0.2) is 14.7 Å². The summed E-state index contributed by atoms with van der Waals surface area (Å²) >= 11 is 0. The first-order chi connectivity index (χ1) is 7.93. The van der Waals surface area contributed by atoms with Gasteiger partial charge in [-0.05, 0) is 30.6 Å². The largest absolute Gasteiger partial charge is 0.383 e. The topological polar surface area (TPSA) is 38.0 Å². The van der Waals surface area contributed by atoms with Gasteiger partial charge in [-0.15, -0.1) is 0 Å². The Kier molecular flexibility index (Phi) is 3.30. The van der Waals surface area contributed by atoms with Gasteiger partial charge in [-0.3, -0.25) is 0 Å². The molecule has 1 fully saturated rings. The summed E-state index contributed by atoms with van der Waals surface area (Å²) in [5.41, 5.74) is 0.123. The second-order valence-corrected chi connectivity index (χ2v) is 6.09. The number of nitrogens with zero attached hydrogens (tertiary/aromatic N) is 2. The molecule has 1 aliphatic rings. The molecule has 0 spiro atoms. The molecule has 3 nitrogen and oxygen atoms in total. The highest BCUT2D eigenvalue weighted by molar-refractivity contribution is 5.13. The highest BCUT2D eigenvalue weighted by Crippen LogP contribution is 2.46. The van der Waals surface area contributed by atoms with Gasteiger partial charge in [-0.1, -0.05) is 27.2 Å². The molecule has 2 rings (SSSR count). The Labute approximate surface area is 104 Å². The van der Waals surface area contributed by atoms with Crippen LogP contribution in [0.4, 0.5) is 0 Å². The average molecular weight is 236 g/mol. The molecule has 3 heteroatoms. The first kappa shape index (κ1) is 12.6. The third-order valence-electron chi connectivity index (χ3n) is 4.20. The van der Waals surface area contributed by atoms with E-state index in [1.54, 1.807) is 6.33 Å². The van der Waals surface area contributed by atoms with Crippen molar-refractivity contribution in [3.8, 4) is 0 Å². The van der Waals surface area contributed by atoms with E-state index in [4.69, 9.17) is 0 Å². The highest BCUT2D eigenvalue weighted by atomic mass is 16.3. The van der Waals surface area contributed by atoms with Crippen LogP contribution in [0.3, 0.4) is 0 Å². The van der Waals surface area contributed by atoms with E-state index in [0.717, 1.165) is 18.5 Å². The van der Waals surface area contributed by atoms with Gasteiger partial charge < -0.3 is 9.67 Å². The standard InChI is InChI=1S/C14H24N2O/c1-10(2)12-6-5-11(3)7-14(12,17)13-8-16(4)9-15-13/h8-12,17H,5-7H2,1-4H3. The van der Waals surface area contributed by atoms with Crippen molar-refractivity contribution >= 4 is 0 Å². The molecule has 0 aromatic carbocycles. The maximum absolute atomic E-state index is 11.1. The smallest absolute Gasteiger partial charge is 0.111 e. The molecule has 1 aromatic rings. The molecule has 0 aliphatic heterocycles. The Morgan fingerprint density at radius 1 is 1.47 bits per heavy atom. The van der Waals surface area contributed by atoms with Crippen molar-refractivity contribution in [3.63, 3.8) is 0 Å². The molecule has 3 unspecified atom stereocenters. The van der Waals surface area contributed by atoms with Gasteiger partial charge >= 0.3 is 0 Å². The zero-order chi connectivity index (χ0) is 12.6. The van der Waals surface area contributed by atoms with Crippen molar-refractivity contribution < 1.29 is 5.11 Å². The Morgan fingerprint density at radius 2 is 2.18 bits per heavy atom. The number of hydrogen-bond acceptors (Lipinski definition) is 2. The molecule has 1 aliphatic carbocycles. The lowest BCUT2D eigenvalue weighted by molar-refractivity contribution is -0.0895. The summed E-state index contributed by atoms with van der Waals surface area (Å²) in [6.07, 6.45) is 6.91. The summed E-state index contributed by atoms with van der Waals surface area (Å²) in [6.45, 7) is 6.63. The molecule has 1 saturated carbocycles. The minimum atomic E-state index is -0.729. The maximum Gasteiger partial charge on any atom is 0.111 e. The molecule has 1 N–H and O–H groups in total. The van der Waals surface area contributed by atoms with E-state index < -0.39 is 5.60 Å². The highest BCUT2D eigenvalue weighted by Gasteiger charge is 2.45. The summed E-state index contributed by atoms with van der Waals surface area (Å²) in [5, 5.41) is 11.1. The van der Waals surface area contributed by atoms with E-state index in [1.165, 1.54) is 6.42 Å². The van der Waals surface area contributed by atoms with E-state index in [0.29, 0.717) is 17.8 Å². The SMILES string of the molecule is CC1CCC(C(C)C)C(O)(c2cn(C)cn2)C1. The first-order valence-corrected chi connectivity index (χ1v) is 6.64. The monoisotopic (exact) mass is 236 g/mol. The lowest BCUT2D eigenvalue weighted by Crippen LogP contribution is -2.43. The third kappa shape index (κ3) is 2.25. The van der Waals surface area contributed by atoms with Crippen molar-refractivity contribution in [1.29, 1.82) is 0 Å². The van der Waals surface area contributed by atoms with Crippen LogP contribution in [0, 0.1) is 17.8 Å². The number of hydrogen-bond donors (Lipinski definition) is 1. The quantitative estimate of drug-likeness (QED) is 0.857. The molecular weight excluding hydrogens is 212 g/mol. The van der Waals surface area contributed by atoms with Crippen LogP contribution in [0.15, 0.2) is 12.5 Å². The lowest BCUT2D eigenvalue weighted by atomic mass is 9.66.